The number of carbonyl (C=O) groups excluding carboxylic acids is 1. The smallest absolute Gasteiger partial charge is 0.225 e. The van der Waals surface area contributed by atoms with Crippen LogP contribution < -0.4 is 0 Å². The van der Waals surface area contributed by atoms with Gasteiger partial charge < -0.3 is 9.64 Å². The van der Waals surface area contributed by atoms with E-state index < -0.39 is 0 Å². The molecule has 1 aliphatic heterocycles. The van der Waals surface area contributed by atoms with E-state index in [1.165, 1.54) is 19.3 Å². The summed E-state index contributed by atoms with van der Waals surface area (Å²) in [4.78, 5) is 14.4. The second-order valence-electron chi connectivity index (χ2n) is 5.74. The van der Waals surface area contributed by atoms with Gasteiger partial charge in [-0.3, -0.25) is 4.79 Å². The summed E-state index contributed by atoms with van der Waals surface area (Å²) in [6, 6.07) is 0. The maximum atomic E-state index is 12.3. The molecule has 1 unspecified atom stereocenters. The molecule has 0 N–H and O–H groups in total. The molecule has 0 spiro atoms. The lowest BCUT2D eigenvalue weighted by Crippen LogP contribution is -2.47. The van der Waals surface area contributed by atoms with Gasteiger partial charge in [0.05, 0.1) is 12.0 Å². The highest BCUT2D eigenvalue weighted by Gasteiger charge is 2.40. The maximum absolute atomic E-state index is 12.3. The third-order valence-electron chi connectivity index (χ3n) is 4.56. The second kappa shape index (κ2) is 6.38. The summed E-state index contributed by atoms with van der Waals surface area (Å²) in [7, 11) is 1.75. The molecule has 4 heteroatoms. The Balaban J connectivity index is 1.84. The van der Waals surface area contributed by atoms with E-state index in [0.717, 1.165) is 37.7 Å². The molecule has 1 saturated carbocycles. The van der Waals surface area contributed by atoms with Gasteiger partial charge in [-0.15, -0.1) is 0 Å². The zero-order valence-corrected chi connectivity index (χ0v) is 12.9. The van der Waals surface area contributed by atoms with Crippen molar-refractivity contribution in [3.05, 3.63) is 0 Å². The summed E-state index contributed by atoms with van der Waals surface area (Å²) in [5.74, 6) is 0.984. The van der Waals surface area contributed by atoms with E-state index in [1.807, 2.05) is 0 Å². The highest BCUT2D eigenvalue weighted by molar-refractivity contribution is 9.09. The maximum Gasteiger partial charge on any atom is 0.225 e. The van der Waals surface area contributed by atoms with Crippen LogP contribution in [-0.4, -0.2) is 41.9 Å². The Morgan fingerprint density at radius 2 is 2.22 bits per heavy atom. The number of hydrogen-bond donors (Lipinski definition) is 0. The number of nitrogens with zero attached hydrogens (tertiary/aromatic N) is 1. The Labute approximate surface area is 118 Å². The Kier molecular flexibility index (Phi) is 5.07. The van der Waals surface area contributed by atoms with Crippen molar-refractivity contribution < 1.29 is 9.53 Å². The third kappa shape index (κ3) is 3.27. The molecule has 2 aliphatic rings. The summed E-state index contributed by atoms with van der Waals surface area (Å²) in [5, 5.41) is 1.04. The number of carbonyl (C=O) groups is 1. The van der Waals surface area contributed by atoms with E-state index in [2.05, 4.69) is 20.8 Å². The van der Waals surface area contributed by atoms with Crippen molar-refractivity contribution in [3.63, 3.8) is 0 Å². The number of hydrogen-bond acceptors (Lipinski definition) is 2. The first kappa shape index (κ1) is 14.3. The number of amides is 1. The van der Waals surface area contributed by atoms with Crippen molar-refractivity contribution in [2.24, 2.45) is 5.92 Å². The molecule has 0 aromatic carbocycles. The first-order chi connectivity index (χ1) is 8.69. The van der Waals surface area contributed by atoms with Gasteiger partial charge in [0.25, 0.3) is 0 Å². The Morgan fingerprint density at radius 1 is 1.44 bits per heavy atom. The summed E-state index contributed by atoms with van der Waals surface area (Å²) in [5.41, 5.74) is -0.126. The van der Waals surface area contributed by atoms with E-state index in [0.29, 0.717) is 18.2 Å². The summed E-state index contributed by atoms with van der Waals surface area (Å²) in [6.07, 6.45) is 7.49. The molecule has 0 radical (unpaired) electrons. The first-order valence-corrected chi connectivity index (χ1v) is 8.20. The number of halogens is 1. The lowest BCUT2D eigenvalue weighted by molar-refractivity contribution is -0.145. The number of piperidine rings is 1. The number of rotatable bonds is 5. The van der Waals surface area contributed by atoms with Crippen molar-refractivity contribution in [1.29, 1.82) is 0 Å². The van der Waals surface area contributed by atoms with Crippen LogP contribution in [0.25, 0.3) is 0 Å². The average molecular weight is 318 g/mol. The molecular weight excluding hydrogens is 294 g/mol. The fourth-order valence-corrected chi connectivity index (χ4v) is 3.74. The van der Waals surface area contributed by atoms with E-state index in [9.17, 15) is 4.79 Å². The predicted molar refractivity (Wildman–Crippen MR) is 75.9 cm³/mol. The lowest BCUT2D eigenvalue weighted by atomic mass is 9.77. The molecule has 1 aliphatic carbocycles. The van der Waals surface area contributed by atoms with Gasteiger partial charge in [0.15, 0.2) is 0 Å². The molecule has 0 bridgehead atoms. The fourth-order valence-electron chi connectivity index (χ4n) is 3.09. The minimum Gasteiger partial charge on any atom is -0.378 e. The van der Waals surface area contributed by atoms with E-state index in [4.69, 9.17) is 4.74 Å². The van der Waals surface area contributed by atoms with Gasteiger partial charge >= 0.3 is 0 Å². The normalized spacial score (nSPS) is 26.8. The zero-order valence-electron chi connectivity index (χ0n) is 11.3. The summed E-state index contributed by atoms with van der Waals surface area (Å²) in [6.45, 7) is 1.89. The van der Waals surface area contributed by atoms with E-state index in [1.54, 1.807) is 7.11 Å². The molecule has 2 rings (SSSR count). The predicted octanol–water partition coefficient (Wildman–Crippen LogP) is 2.97. The van der Waals surface area contributed by atoms with Crippen LogP contribution in [0.3, 0.4) is 0 Å². The first-order valence-electron chi connectivity index (χ1n) is 7.08. The Bertz CT molecular complexity index is 284. The van der Waals surface area contributed by atoms with Crippen molar-refractivity contribution in [2.75, 3.05) is 25.5 Å². The molecule has 1 saturated heterocycles. The van der Waals surface area contributed by atoms with Crippen molar-refractivity contribution in [1.82, 2.24) is 4.90 Å². The van der Waals surface area contributed by atoms with Gasteiger partial charge in [0, 0.05) is 25.5 Å². The van der Waals surface area contributed by atoms with E-state index >= 15 is 0 Å². The van der Waals surface area contributed by atoms with Crippen LogP contribution in [0.1, 0.15) is 44.9 Å². The molecule has 1 amide bonds. The number of alkyl halides is 1. The van der Waals surface area contributed by atoms with Gasteiger partial charge in [0.1, 0.15) is 0 Å². The monoisotopic (exact) mass is 317 g/mol. The quantitative estimate of drug-likeness (QED) is 0.730. The number of methoxy groups -OCH3 is 1. The molecule has 2 fully saturated rings. The Hall–Kier alpha value is -0.0900. The zero-order chi connectivity index (χ0) is 13.0. The van der Waals surface area contributed by atoms with Gasteiger partial charge in [-0.05, 0) is 44.4 Å². The number of likely N-dealkylation sites (tertiary alicyclic amines) is 1. The Morgan fingerprint density at radius 3 is 2.78 bits per heavy atom. The minimum absolute atomic E-state index is 0.126. The van der Waals surface area contributed by atoms with Crippen LogP contribution in [0.15, 0.2) is 0 Å². The van der Waals surface area contributed by atoms with Gasteiger partial charge in [-0.2, -0.15) is 0 Å². The number of ether oxygens (including phenoxy) is 1. The van der Waals surface area contributed by atoms with Crippen molar-refractivity contribution >= 4 is 21.8 Å². The molecule has 3 nitrogen and oxygen atoms in total. The minimum atomic E-state index is -0.126. The lowest BCUT2D eigenvalue weighted by Gasteiger charge is -2.42. The molecule has 18 heavy (non-hydrogen) atoms. The largest absolute Gasteiger partial charge is 0.378 e. The SMILES string of the molecule is COC1(CC(=O)N2CCCC(CCBr)C2)CCC1. The average Bonchev–Trinajstić information content (AvgIpc) is 2.34. The van der Waals surface area contributed by atoms with Crippen LogP contribution in [0.2, 0.25) is 0 Å². The van der Waals surface area contributed by atoms with Crippen LogP contribution in [0, 0.1) is 5.92 Å². The van der Waals surface area contributed by atoms with Crippen LogP contribution in [-0.2, 0) is 9.53 Å². The van der Waals surface area contributed by atoms with Crippen LogP contribution in [0.4, 0.5) is 0 Å². The highest BCUT2D eigenvalue weighted by atomic mass is 79.9. The van der Waals surface area contributed by atoms with Crippen molar-refractivity contribution in [2.45, 2.75) is 50.5 Å². The summed E-state index contributed by atoms with van der Waals surface area (Å²) >= 11 is 3.50. The topological polar surface area (TPSA) is 29.5 Å². The molecule has 104 valence electrons. The van der Waals surface area contributed by atoms with Gasteiger partial charge in [0.2, 0.25) is 5.91 Å². The van der Waals surface area contributed by atoms with E-state index in [-0.39, 0.29) is 5.60 Å². The third-order valence-corrected chi connectivity index (χ3v) is 5.02. The van der Waals surface area contributed by atoms with Crippen molar-refractivity contribution in [3.8, 4) is 0 Å². The molecule has 1 atom stereocenters. The molecule has 1 heterocycles. The molecule has 0 aromatic rings. The van der Waals surface area contributed by atoms with Crippen LogP contribution >= 0.6 is 15.9 Å². The highest BCUT2D eigenvalue weighted by Crippen LogP contribution is 2.38. The fraction of sp³-hybridized carbons (Fsp3) is 0.929. The van der Waals surface area contributed by atoms with Gasteiger partial charge in [-0.25, -0.2) is 0 Å². The van der Waals surface area contributed by atoms with Gasteiger partial charge in [-0.1, -0.05) is 15.9 Å². The standard InChI is InChI=1S/C14H24BrNO2/c1-18-14(6-3-7-14)10-13(17)16-9-2-4-12(11-16)5-8-15/h12H,2-11H2,1H3. The molecular formula is C14H24BrNO2. The van der Waals surface area contributed by atoms with Crippen LogP contribution in [0.5, 0.6) is 0 Å². The second-order valence-corrected chi connectivity index (χ2v) is 6.54. The molecule has 0 aromatic heterocycles. The summed E-state index contributed by atoms with van der Waals surface area (Å²) < 4.78 is 5.55.